The first-order valence-electron chi connectivity index (χ1n) is 6.50. The first-order valence-corrected chi connectivity index (χ1v) is 17.2. The Bertz CT molecular complexity index is 180. The predicted molar refractivity (Wildman–Crippen MR) is 77.9 cm³/mol. The Hall–Kier alpha value is 1.05. The van der Waals surface area contributed by atoms with Gasteiger partial charge < -0.3 is 0 Å². The molecule has 0 atom stereocenters. The maximum atomic E-state index is 6.50. The van der Waals surface area contributed by atoms with E-state index in [1.165, 1.54) is 11.7 Å². The van der Waals surface area contributed by atoms with Crippen molar-refractivity contribution in [3.05, 3.63) is 0 Å². The van der Waals surface area contributed by atoms with Crippen molar-refractivity contribution in [2.45, 2.75) is 68.0 Å². The summed E-state index contributed by atoms with van der Waals surface area (Å²) in [5.74, 6) is 10.9. The second-order valence-corrected chi connectivity index (χ2v) is 16.3. The molecule has 0 amide bonds. The molecule has 0 bridgehead atoms. The fourth-order valence-electron chi connectivity index (χ4n) is 2.36. The fourth-order valence-corrected chi connectivity index (χ4v) is 7.02. The summed E-state index contributed by atoms with van der Waals surface area (Å²) in [4.78, 5) is 0. The Morgan fingerprint density at radius 3 is 1.62 bits per heavy atom. The molecule has 0 aromatic carbocycles. The van der Waals surface area contributed by atoms with Gasteiger partial charge in [-0.15, -0.1) is 0 Å². The van der Waals surface area contributed by atoms with E-state index in [1.807, 2.05) is 0 Å². The molecule has 3 heteroatoms. The molecule has 0 aliphatic carbocycles. The molecule has 0 aromatic heterocycles. The summed E-state index contributed by atoms with van der Waals surface area (Å²) in [5.41, 5.74) is 0.170. The number of hydrogen-bond donors (Lipinski definition) is 0. The van der Waals surface area contributed by atoms with Crippen molar-refractivity contribution in [2.75, 3.05) is 0 Å². The molecular formula is C13H30Ge2O. The molecule has 0 aliphatic heterocycles. The van der Waals surface area contributed by atoms with Crippen LogP contribution in [-0.4, -0.2) is 34.6 Å². The molecule has 0 unspecified atom stereocenters. The number of hydrogen-bond acceptors (Lipinski definition) is 1. The molecular weight excluding hydrogens is 317 g/mol. The third-order valence-electron chi connectivity index (χ3n) is 3.36. The van der Waals surface area contributed by atoms with E-state index in [9.17, 15) is 0 Å². The van der Waals surface area contributed by atoms with Gasteiger partial charge in [-0.05, 0) is 0 Å². The minimum atomic E-state index is -1.21. The van der Waals surface area contributed by atoms with Crippen molar-refractivity contribution in [1.82, 2.24) is 0 Å². The van der Waals surface area contributed by atoms with Crippen LogP contribution in [0.15, 0.2) is 0 Å². The summed E-state index contributed by atoms with van der Waals surface area (Å²) in [6, 6.07) is 0. The second-order valence-electron chi connectivity index (χ2n) is 5.98. The molecule has 0 aliphatic rings. The fraction of sp³-hybridized carbons (Fsp3) is 1.00. The van der Waals surface area contributed by atoms with Crippen LogP contribution >= 0.6 is 0 Å². The van der Waals surface area contributed by atoms with Gasteiger partial charge in [-0.25, -0.2) is 0 Å². The van der Waals surface area contributed by atoms with Gasteiger partial charge in [0, 0.05) is 0 Å². The van der Waals surface area contributed by atoms with Crippen molar-refractivity contribution < 1.29 is 3.76 Å². The summed E-state index contributed by atoms with van der Waals surface area (Å²) >= 11 is -1.92. The van der Waals surface area contributed by atoms with Crippen LogP contribution in [0.2, 0.25) is 28.3 Å². The van der Waals surface area contributed by atoms with E-state index in [1.54, 1.807) is 0 Å². The second kappa shape index (κ2) is 7.47. The molecule has 16 heavy (non-hydrogen) atoms. The molecule has 96 valence electrons. The van der Waals surface area contributed by atoms with E-state index in [0.29, 0.717) is 11.8 Å². The van der Waals surface area contributed by atoms with Gasteiger partial charge in [-0.1, -0.05) is 0 Å². The Morgan fingerprint density at radius 2 is 1.38 bits per heavy atom. The average Bonchev–Trinajstić information content (AvgIpc) is 2.10. The van der Waals surface area contributed by atoms with Gasteiger partial charge in [-0.2, -0.15) is 0 Å². The Labute approximate surface area is 112 Å². The van der Waals surface area contributed by atoms with E-state index < -0.39 is 29.0 Å². The topological polar surface area (TPSA) is 9.23 Å². The summed E-state index contributed by atoms with van der Waals surface area (Å²) in [6.45, 7) is 9.36. The average molecular weight is 348 g/mol. The van der Waals surface area contributed by atoms with Crippen molar-refractivity contribution in [3.63, 3.8) is 0 Å². The SMILES string of the molecule is CC(C)C(C[CH2][Ge]([CH3])[CH3])([O][Ge]([CH3])[CH3])C(C)C. The van der Waals surface area contributed by atoms with Gasteiger partial charge in [0.1, 0.15) is 0 Å². The van der Waals surface area contributed by atoms with Crippen LogP contribution in [0, 0.1) is 11.8 Å². The number of rotatable bonds is 7. The molecule has 0 fully saturated rings. The molecule has 0 saturated heterocycles. The van der Waals surface area contributed by atoms with E-state index in [-0.39, 0.29) is 5.60 Å². The Balaban J connectivity index is 4.80. The van der Waals surface area contributed by atoms with Crippen molar-refractivity contribution >= 4 is 29.0 Å². The van der Waals surface area contributed by atoms with Crippen molar-refractivity contribution in [2.24, 2.45) is 11.8 Å². The van der Waals surface area contributed by atoms with Crippen LogP contribution in [0.1, 0.15) is 34.1 Å². The summed E-state index contributed by atoms with van der Waals surface area (Å²) in [6.07, 6.45) is 1.29. The molecule has 0 heterocycles. The molecule has 0 spiro atoms. The minimum absolute atomic E-state index is 0.170. The standard InChI is InChI=1S/C13H30Ge2O/c1-11(2)13(12(3)4,16-15(7)8)9-10-14(5)6/h11-12H,9-10H2,1-8H3. The van der Waals surface area contributed by atoms with Crippen LogP contribution in [0.3, 0.4) is 0 Å². The zero-order valence-electron chi connectivity index (χ0n) is 12.5. The zero-order valence-corrected chi connectivity index (χ0v) is 16.7. The first kappa shape index (κ1) is 17.0. The third kappa shape index (κ3) is 5.13. The monoisotopic (exact) mass is 350 g/mol. The van der Waals surface area contributed by atoms with Gasteiger partial charge >= 0.3 is 113 Å². The Kier molecular flexibility index (Phi) is 7.96. The van der Waals surface area contributed by atoms with Gasteiger partial charge in [0.25, 0.3) is 0 Å². The molecule has 0 rings (SSSR count). The molecule has 0 N–H and O–H groups in total. The molecule has 0 aromatic rings. The van der Waals surface area contributed by atoms with Crippen LogP contribution < -0.4 is 0 Å². The van der Waals surface area contributed by atoms with E-state index in [2.05, 4.69) is 50.7 Å². The molecule has 2 radical (unpaired) electrons. The summed E-state index contributed by atoms with van der Waals surface area (Å²) in [5, 5.41) is 1.45. The van der Waals surface area contributed by atoms with Crippen molar-refractivity contribution in [3.8, 4) is 0 Å². The van der Waals surface area contributed by atoms with E-state index in [4.69, 9.17) is 3.76 Å². The van der Waals surface area contributed by atoms with Crippen LogP contribution in [0.4, 0.5) is 0 Å². The van der Waals surface area contributed by atoms with Crippen LogP contribution in [-0.2, 0) is 3.76 Å². The predicted octanol–water partition coefficient (Wildman–Crippen LogP) is 4.45. The van der Waals surface area contributed by atoms with Gasteiger partial charge in [0.15, 0.2) is 0 Å². The van der Waals surface area contributed by atoms with Crippen molar-refractivity contribution in [1.29, 1.82) is 0 Å². The molecule has 0 saturated carbocycles. The maximum absolute atomic E-state index is 6.50. The van der Waals surface area contributed by atoms with E-state index >= 15 is 0 Å². The van der Waals surface area contributed by atoms with Crippen LogP contribution in [0.5, 0.6) is 0 Å². The Morgan fingerprint density at radius 1 is 0.938 bits per heavy atom. The van der Waals surface area contributed by atoms with Gasteiger partial charge in [0.2, 0.25) is 0 Å². The summed E-state index contributed by atoms with van der Waals surface area (Å²) in [7, 11) is 0. The quantitative estimate of drug-likeness (QED) is 0.618. The van der Waals surface area contributed by atoms with E-state index in [0.717, 1.165) is 0 Å². The molecule has 1 nitrogen and oxygen atoms in total. The summed E-state index contributed by atoms with van der Waals surface area (Å²) < 4.78 is 6.50. The third-order valence-corrected chi connectivity index (χ3v) is 7.64. The first-order chi connectivity index (χ1) is 7.22. The van der Waals surface area contributed by atoms with Gasteiger partial charge in [0.05, 0.1) is 0 Å². The van der Waals surface area contributed by atoms with Crippen LogP contribution in [0.25, 0.3) is 0 Å². The zero-order chi connectivity index (χ0) is 12.9. The normalized spacial score (nSPS) is 13.5. The van der Waals surface area contributed by atoms with Gasteiger partial charge in [-0.3, -0.25) is 0 Å².